The number of pyridine rings is 1. The van der Waals surface area contributed by atoms with Crippen LogP contribution < -0.4 is 4.74 Å². The van der Waals surface area contributed by atoms with E-state index in [9.17, 15) is 0 Å². The Morgan fingerprint density at radius 3 is 2.73 bits per heavy atom. The molecule has 0 radical (unpaired) electrons. The Balaban J connectivity index is 1.76. The third kappa shape index (κ3) is 3.54. The molecule has 2 heterocycles. The van der Waals surface area contributed by atoms with Gasteiger partial charge in [0.1, 0.15) is 17.5 Å². The Kier molecular flexibility index (Phi) is 4.87. The molecule has 5 heteroatoms. The normalized spacial score (nSPS) is 18.6. The van der Waals surface area contributed by atoms with Gasteiger partial charge in [0, 0.05) is 16.6 Å². The van der Waals surface area contributed by atoms with E-state index in [1.807, 2.05) is 30.3 Å². The molecule has 3 nitrogen and oxygen atoms in total. The van der Waals surface area contributed by atoms with E-state index in [1.54, 1.807) is 6.20 Å². The van der Waals surface area contributed by atoms with Crippen molar-refractivity contribution in [3.63, 3.8) is 0 Å². The minimum atomic E-state index is 0.465. The summed E-state index contributed by atoms with van der Waals surface area (Å²) in [4.78, 5) is 6.57. The van der Waals surface area contributed by atoms with E-state index < -0.39 is 0 Å². The highest BCUT2D eigenvalue weighted by atomic mass is 35.5. The molecule has 22 heavy (non-hydrogen) atoms. The van der Waals surface area contributed by atoms with Crippen LogP contribution >= 0.6 is 23.2 Å². The van der Waals surface area contributed by atoms with E-state index in [0.717, 1.165) is 23.4 Å². The van der Waals surface area contributed by atoms with E-state index in [-0.39, 0.29) is 0 Å². The second-order valence-corrected chi connectivity index (χ2v) is 6.40. The smallest absolute Gasteiger partial charge is 0.138 e. The summed E-state index contributed by atoms with van der Waals surface area (Å²) in [6, 6.07) is 9.96. The summed E-state index contributed by atoms with van der Waals surface area (Å²) in [5, 5.41) is 1.16. The van der Waals surface area contributed by atoms with Crippen molar-refractivity contribution >= 4 is 23.2 Å². The summed E-state index contributed by atoms with van der Waals surface area (Å²) in [5.41, 5.74) is 1.83. The average molecular weight is 337 g/mol. The lowest BCUT2D eigenvalue weighted by atomic mass is 10.1. The molecular weight excluding hydrogens is 319 g/mol. The van der Waals surface area contributed by atoms with Crippen molar-refractivity contribution in [3.8, 4) is 16.9 Å². The van der Waals surface area contributed by atoms with Crippen molar-refractivity contribution in [2.75, 3.05) is 20.2 Å². The van der Waals surface area contributed by atoms with E-state index in [1.165, 1.54) is 12.8 Å². The maximum atomic E-state index is 6.21. The second kappa shape index (κ2) is 6.86. The predicted molar refractivity (Wildman–Crippen MR) is 90.8 cm³/mol. The Bertz CT molecular complexity index is 646. The summed E-state index contributed by atoms with van der Waals surface area (Å²) in [5.74, 6) is 0.745. The molecule has 1 aromatic heterocycles. The van der Waals surface area contributed by atoms with Crippen molar-refractivity contribution in [2.45, 2.75) is 18.9 Å². The number of halogens is 2. The number of nitrogens with zero attached hydrogens (tertiary/aromatic N) is 2. The first kappa shape index (κ1) is 15.6. The van der Waals surface area contributed by atoms with Crippen molar-refractivity contribution in [1.29, 1.82) is 0 Å². The van der Waals surface area contributed by atoms with Crippen LogP contribution in [-0.4, -0.2) is 36.1 Å². The molecule has 0 aliphatic carbocycles. The molecule has 1 fully saturated rings. The molecule has 1 aliphatic heterocycles. The number of ether oxygens (including phenoxy) is 1. The van der Waals surface area contributed by atoms with Gasteiger partial charge in [-0.1, -0.05) is 35.3 Å². The molecule has 3 rings (SSSR count). The van der Waals surface area contributed by atoms with Crippen LogP contribution in [0.2, 0.25) is 10.2 Å². The topological polar surface area (TPSA) is 25.4 Å². The third-order valence-electron chi connectivity index (χ3n) is 4.08. The van der Waals surface area contributed by atoms with E-state index in [2.05, 4.69) is 16.9 Å². The quantitative estimate of drug-likeness (QED) is 0.767. The van der Waals surface area contributed by atoms with Gasteiger partial charge in [-0.15, -0.1) is 0 Å². The summed E-state index contributed by atoms with van der Waals surface area (Å²) in [6.45, 7) is 1.82. The molecule has 0 bridgehead atoms. The molecule has 1 aliphatic rings. The van der Waals surface area contributed by atoms with E-state index >= 15 is 0 Å². The fourth-order valence-corrected chi connectivity index (χ4v) is 3.06. The fourth-order valence-electron chi connectivity index (χ4n) is 2.72. The monoisotopic (exact) mass is 336 g/mol. The first-order valence-corrected chi connectivity index (χ1v) is 8.13. The van der Waals surface area contributed by atoms with Gasteiger partial charge in [0.2, 0.25) is 0 Å². The molecule has 0 spiro atoms. The van der Waals surface area contributed by atoms with Crippen LogP contribution in [-0.2, 0) is 0 Å². The largest absolute Gasteiger partial charge is 0.490 e. The number of benzene rings is 1. The van der Waals surface area contributed by atoms with Gasteiger partial charge in [-0.25, -0.2) is 4.98 Å². The van der Waals surface area contributed by atoms with Crippen LogP contribution in [0, 0.1) is 0 Å². The second-order valence-electron chi connectivity index (χ2n) is 5.60. The lowest BCUT2D eigenvalue weighted by Gasteiger charge is -2.19. The molecule has 1 atom stereocenters. The highest BCUT2D eigenvalue weighted by molar-refractivity contribution is 6.32. The lowest BCUT2D eigenvalue weighted by molar-refractivity contribution is 0.198. The van der Waals surface area contributed by atoms with Gasteiger partial charge >= 0.3 is 0 Å². The van der Waals surface area contributed by atoms with Gasteiger partial charge in [-0.3, -0.25) is 0 Å². The van der Waals surface area contributed by atoms with Gasteiger partial charge in [0.25, 0.3) is 0 Å². The van der Waals surface area contributed by atoms with Crippen LogP contribution in [0.1, 0.15) is 12.8 Å². The Morgan fingerprint density at radius 2 is 2.05 bits per heavy atom. The molecule has 1 saturated heterocycles. The van der Waals surface area contributed by atoms with Crippen LogP contribution in [0.4, 0.5) is 0 Å². The van der Waals surface area contributed by atoms with Crippen molar-refractivity contribution in [1.82, 2.24) is 9.88 Å². The summed E-state index contributed by atoms with van der Waals surface area (Å²) in [6.07, 6.45) is 4.09. The van der Waals surface area contributed by atoms with Gasteiger partial charge < -0.3 is 9.64 Å². The first-order valence-electron chi connectivity index (χ1n) is 7.38. The zero-order valence-electron chi connectivity index (χ0n) is 12.4. The highest BCUT2D eigenvalue weighted by Crippen LogP contribution is 2.30. The number of likely N-dealkylation sites (N-methyl/N-ethyl adjacent to an activating group) is 1. The Morgan fingerprint density at radius 1 is 1.27 bits per heavy atom. The lowest BCUT2D eigenvalue weighted by Crippen LogP contribution is -2.30. The van der Waals surface area contributed by atoms with Crippen LogP contribution in [0.15, 0.2) is 36.5 Å². The number of hydrogen-bond donors (Lipinski definition) is 0. The summed E-state index contributed by atoms with van der Waals surface area (Å²) < 4.78 is 5.91. The third-order valence-corrected chi connectivity index (χ3v) is 4.64. The average Bonchev–Trinajstić information content (AvgIpc) is 2.93. The number of hydrogen-bond acceptors (Lipinski definition) is 3. The van der Waals surface area contributed by atoms with Crippen molar-refractivity contribution in [3.05, 3.63) is 46.7 Å². The number of aromatic nitrogens is 1. The van der Waals surface area contributed by atoms with Crippen molar-refractivity contribution in [2.24, 2.45) is 0 Å². The van der Waals surface area contributed by atoms with Crippen LogP contribution in [0.3, 0.4) is 0 Å². The maximum absolute atomic E-state index is 6.21. The summed E-state index contributed by atoms with van der Waals surface area (Å²) >= 11 is 12.1. The number of rotatable bonds is 4. The van der Waals surface area contributed by atoms with Gasteiger partial charge in [-0.05, 0) is 50.2 Å². The van der Waals surface area contributed by atoms with Gasteiger partial charge in [-0.2, -0.15) is 0 Å². The first-order chi connectivity index (χ1) is 10.6. The minimum Gasteiger partial charge on any atom is -0.490 e. The van der Waals surface area contributed by atoms with E-state index in [0.29, 0.717) is 22.8 Å². The van der Waals surface area contributed by atoms with Gasteiger partial charge in [0.15, 0.2) is 0 Å². The fraction of sp³-hybridized carbons (Fsp3) is 0.353. The zero-order chi connectivity index (χ0) is 15.5. The van der Waals surface area contributed by atoms with Crippen molar-refractivity contribution < 1.29 is 4.74 Å². The zero-order valence-corrected chi connectivity index (χ0v) is 13.9. The molecule has 0 unspecified atom stereocenters. The van der Waals surface area contributed by atoms with Gasteiger partial charge in [0.05, 0.1) is 6.20 Å². The molecule has 0 N–H and O–H groups in total. The molecule has 0 saturated carbocycles. The predicted octanol–water partition coefficient (Wildman–Crippen LogP) is 4.53. The van der Waals surface area contributed by atoms with Crippen LogP contribution in [0.5, 0.6) is 5.75 Å². The Hall–Kier alpha value is -1.29. The molecule has 0 amide bonds. The Labute approximate surface area is 140 Å². The SMILES string of the molecule is CN1CCC[C@@H]1COc1cnc(Cl)c(-c2ccc(Cl)cc2)c1. The maximum Gasteiger partial charge on any atom is 0.138 e. The number of likely N-dealkylation sites (tertiary alicyclic amines) is 1. The molecule has 1 aromatic carbocycles. The molecule has 2 aromatic rings. The summed E-state index contributed by atoms with van der Waals surface area (Å²) in [7, 11) is 2.14. The minimum absolute atomic E-state index is 0.465. The molecule has 116 valence electrons. The molecular formula is C17H18Cl2N2O. The van der Waals surface area contributed by atoms with Crippen LogP contribution in [0.25, 0.3) is 11.1 Å². The standard InChI is InChI=1S/C17H18Cl2N2O/c1-21-8-2-3-14(21)11-22-15-9-16(17(19)20-10-15)12-4-6-13(18)7-5-12/h4-7,9-10,14H,2-3,8,11H2,1H3/t14-/m1/s1. The highest BCUT2D eigenvalue weighted by Gasteiger charge is 2.21. The van der Waals surface area contributed by atoms with E-state index in [4.69, 9.17) is 27.9 Å².